The number of aromatic amines is 1. The summed E-state index contributed by atoms with van der Waals surface area (Å²) in [6, 6.07) is 11.9. The molecule has 6 N–H and O–H groups in total. The van der Waals surface area contributed by atoms with E-state index in [4.69, 9.17) is 10.5 Å². The number of aliphatic hydroxyl groups is 1. The summed E-state index contributed by atoms with van der Waals surface area (Å²) in [5, 5.41) is 16.3. The highest BCUT2D eigenvalue weighted by Crippen LogP contribution is 2.20. The number of hydrogen-bond donors (Lipinski definition) is 5. The normalized spacial score (nSPS) is 11.7. The second kappa shape index (κ2) is 11.4. The highest BCUT2D eigenvalue weighted by Gasteiger charge is 2.15. The predicted molar refractivity (Wildman–Crippen MR) is 144 cm³/mol. The molecule has 196 valence electrons. The lowest BCUT2D eigenvalue weighted by atomic mass is 10.1. The molecule has 4 rings (SSSR count). The number of unbranched alkanes of at least 4 members (excludes halogenated alkanes) is 1. The predicted octanol–water partition coefficient (Wildman–Crippen LogP) is 2.93. The van der Waals surface area contributed by atoms with E-state index < -0.39 is 5.60 Å². The third-order valence-corrected chi connectivity index (χ3v) is 5.64. The van der Waals surface area contributed by atoms with E-state index >= 15 is 0 Å². The van der Waals surface area contributed by atoms with Crippen molar-refractivity contribution in [1.29, 1.82) is 0 Å². The van der Waals surface area contributed by atoms with E-state index in [9.17, 15) is 9.90 Å². The first kappa shape index (κ1) is 26.1. The maximum absolute atomic E-state index is 12.6. The standard InChI is InChI=1S/C26H34N8O3/c1-4-5-12-37-24-32-22(27)21-23(33-24)34(25(35)31-21)15-18-8-11-20(29-14-18)30-19-9-6-17(7-10-19)13-28-16-26(2,3)36/h6-11,14,28,36H,4-5,12-13,15-16H2,1-3H3,(H,29,30)(H,31,35)(H2,27,32,33). The van der Waals surface area contributed by atoms with Crippen LogP contribution in [0.2, 0.25) is 0 Å². The van der Waals surface area contributed by atoms with E-state index in [-0.39, 0.29) is 24.1 Å². The summed E-state index contributed by atoms with van der Waals surface area (Å²) in [7, 11) is 0. The molecule has 0 saturated carbocycles. The third-order valence-electron chi connectivity index (χ3n) is 5.64. The van der Waals surface area contributed by atoms with Gasteiger partial charge in [0, 0.05) is 25.0 Å². The quantitative estimate of drug-likeness (QED) is 0.182. The second-order valence-electron chi connectivity index (χ2n) is 9.60. The molecule has 0 radical (unpaired) electrons. The summed E-state index contributed by atoms with van der Waals surface area (Å²) in [5.74, 6) is 0.852. The molecule has 1 aromatic carbocycles. The molecule has 37 heavy (non-hydrogen) atoms. The van der Waals surface area contributed by atoms with Crippen molar-refractivity contribution in [3.05, 3.63) is 64.2 Å². The highest BCUT2D eigenvalue weighted by atomic mass is 16.5. The Morgan fingerprint density at radius 2 is 1.89 bits per heavy atom. The van der Waals surface area contributed by atoms with Crippen molar-refractivity contribution in [2.45, 2.75) is 52.3 Å². The molecule has 11 nitrogen and oxygen atoms in total. The van der Waals surface area contributed by atoms with Crippen LogP contribution in [0, 0.1) is 0 Å². The summed E-state index contributed by atoms with van der Waals surface area (Å²) in [5.41, 5.74) is 8.58. The van der Waals surface area contributed by atoms with Crippen molar-refractivity contribution in [2.24, 2.45) is 0 Å². The number of imidazole rings is 1. The van der Waals surface area contributed by atoms with Gasteiger partial charge in [0.15, 0.2) is 11.5 Å². The van der Waals surface area contributed by atoms with Gasteiger partial charge < -0.3 is 31.2 Å². The van der Waals surface area contributed by atoms with E-state index in [1.165, 1.54) is 4.57 Å². The SMILES string of the molecule is CCCCOc1nc(N)c2[nH]c(=O)n(Cc3ccc(Nc4ccc(CNCC(C)(C)O)cc4)nc3)c2n1. The van der Waals surface area contributed by atoms with Gasteiger partial charge in [-0.3, -0.25) is 4.57 Å². The lowest BCUT2D eigenvalue weighted by Gasteiger charge is -2.17. The molecule has 0 aliphatic rings. The Hall–Kier alpha value is -3.96. The van der Waals surface area contributed by atoms with Crippen LogP contribution in [0.3, 0.4) is 0 Å². The zero-order chi connectivity index (χ0) is 26.4. The van der Waals surface area contributed by atoms with Crippen LogP contribution >= 0.6 is 0 Å². The van der Waals surface area contributed by atoms with Gasteiger partial charge >= 0.3 is 11.7 Å². The highest BCUT2D eigenvalue weighted by molar-refractivity contribution is 5.82. The fourth-order valence-electron chi connectivity index (χ4n) is 3.69. The summed E-state index contributed by atoms with van der Waals surface area (Å²) in [6.45, 7) is 7.55. The monoisotopic (exact) mass is 506 g/mol. The molecule has 0 bridgehead atoms. The van der Waals surface area contributed by atoms with Crippen molar-refractivity contribution >= 4 is 28.5 Å². The van der Waals surface area contributed by atoms with Gasteiger partial charge in [0.25, 0.3) is 0 Å². The van der Waals surface area contributed by atoms with Crippen molar-refractivity contribution in [3.63, 3.8) is 0 Å². The number of anilines is 3. The van der Waals surface area contributed by atoms with E-state index in [1.54, 1.807) is 20.0 Å². The number of nitrogens with one attached hydrogen (secondary N) is 3. The van der Waals surface area contributed by atoms with Gasteiger partial charge in [-0.2, -0.15) is 9.97 Å². The zero-order valence-electron chi connectivity index (χ0n) is 21.4. The Balaban J connectivity index is 1.41. The molecule has 11 heteroatoms. The van der Waals surface area contributed by atoms with Crippen molar-refractivity contribution < 1.29 is 9.84 Å². The van der Waals surface area contributed by atoms with Gasteiger partial charge in [0.2, 0.25) is 0 Å². The third kappa shape index (κ3) is 7.05. The first-order valence-electron chi connectivity index (χ1n) is 12.3. The number of pyridine rings is 1. The van der Waals surface area contributed by atoms with Crippen LogP contribution in [0.4, 0.5) is 17.3 Å². The van der Waals surface area contributed by atoms with Crippen LogP contribution in [0.15, 0.2) is 47.4 Å². The average Bonchev–Trinajstić information content (AvgIpc) is 3.16. The lowest BCUT2D eigenvalue weighted by Crippen LogP contribution is -2.34. The van der Waals surface area contributed by atoms with Crippen molar-refractivity contribution in [1.82, 2.24) is 29.8 Å². The van der Waals surface area contributed by atoms with Crippen LogP contribution in [0.5, 0.6) is 6.01 Å². The summed E-state index contributed by atoms with van der Waals surface area (Å²) < 4.78 is 7.09. The van der Waals surface area contributed by atoms with Crippen LogP contribution < -0.4 is 26.8 Å². The smallest absolute Gasteiger partial charge is 0.328 e. The molecule has 0 amide bonds. The zero-order valence-corrected chi connectivity index (χ0v) is 21.4. The number of fused-ring (bicyclic) bond motifs is 1. The number of nitrogens with two attached hydrogens (primary N) is 1. The molecule has 0 unspecified atom stereocenters. The van der Waals surface area contributed by atoms with Gasteiger partial charge in [0.05, 0.1) is 18.8 Å². The maximum atomic E-state index is 12.6. The van der Waals surface area contributed by atoms with Gasteiger partial charge in [-0.25, -0.2) is 9.78 Å². The van der Waals surface area contributed by atoms with Gasteiger partial charge in [-0.05, 0) is 49.6 Å². The minimum absolute atomic E-state index is 0.155. The minimum Gasteiger partial charge on any atom is -0.463 e. The number of aromatic nitrogens is 5. The van der Waals surface area contributed by atoms with Gasteiger partial charge in [0.1, 0.15) is 11.3 Å². The van der Waals surface area contributed by atoms with Crippen LogP contribution in [-0.2, 0) is 13.1 Å². The number of nitrogen functional groups attached to an aromatic ring is 1. The Morgan fingerprint density at radius 1 is 1.14 bits per heavy atom. The molecule has 3 aromatic heterocycles. The summed E-state index contributed by atoms with van der Waals surface area (Å²) >= 11 is 0. The fraction of sp³-hybridized carbons (Fsp3) is 0.385. The number of rotatable bonds is 12. The molecule has 3 heterocycles. The fourth-order valence-corrected chi connectivity index (χ4v) is 3.69. The van der Waals surface area contributed by atoms with Crippen LogP contribution in [-0.4, -0.2) is 48.4 Å². The van der Waals surface area contributed by atoms with Gasteiger partial charge in [-0.15, -0.1) is 0 Å². The summed E-state index contributed by atoms with van der Waals surface area (Å²) in [4.78, 5) is 28.4. The Bertz CT molecular complexity index is 1370. The molecule has 4 aromatic rings. The number of H-pyrrole nitrogens is 1. The van der Waals surface area contributed by atoms with Crippen molar-refractivity contribution in [3.8, 4) is 6.01 Å². The molecular formula is C26H34N8O3. The molecular weight excluding hydrogens is 472 g/mol. The molecule has 0 spiro atoms. The number of benzene rings is 1. The number of nitrogens with zero attached hydrogens (tertiary/aromatic N) is 4. The Kier molecular flexibility index (Phi) is 8.04. The molecule has 0 fully saturated rings. The lowest BCUT2D eigenvalue weighted by molar-refractivity contribution is 0.0795. The topological polar surface area (TPSA) is 156 Å². The average molecular weight is 507 g/mol. The molecule has 0 aliphatic carbocycles. The van der Waals surface area contributed by atoms with E-state index in [1.807, 2.05) is 36.4 Å². The Labute approximate surface area is 215 Å². The Morgan fingerprint density at radius 3 is 2.57 bits per heavy atom. The van der Waals surface area contributed by atoms with Crippen LogP contribution in [0.1, 0.15) is 44.7 Å². The molecule has 0 atom stereocenters. The minimum atomic E-state index is -0.742. The maximum Gasteiger partial charge on any atom is 0.328 e. The number of hydrogen-bond acceptors (Lipinski definition) is 9. The largest absolute Gasteiger partial charge is 0.463 e. The first-order chi connectivity index (χ1) is 17.7. The van der Waals surface area contributed by atoms with Crippen molar-refractivity contribution in [2.75, 3.05) is 24.2 Å². The van der Waals surface area contributed by atoms with E-state index in [0.717, 1.165) is 29.7 Å². The summed E-state index contributed by atoms with van der Waals surface area (Å²) in [6.07, 6.45) is 3.57. The van der Waals surface area contributed by atoms with E-state index in [0.29, 0.717) is 36.7 Å². The van der Waals surface area contributed by atoms with Gasteiger partial charge in [-0.1, -0.05) is 31.5 Å². The molecule has 0 aliphatic heterocycles. The molecule has 0 saturated heterocycles. The second-order valence-corrected chi connectivity index (χ2v) is 9.60. The van der Waals surface area contributed by atoms with Crippen LogP contribution in [0.25, 0.3) is 11.2 Å². The number of ether oxygens (including phenoxy) is 1. The first-order valence-corrected chi connectivity index (χ1v) is 12.3. The van der Waals surface area contributed by atoms with E-state index in [2.05, 4.69) is 37.5 Å².